The van der Waals surface area contributed by atoms with Gasteiger partial charge in [-0.1, -0.05) is 52.8 Å². The fourth-order valence-electron chi connectivity index (χ4n) is 4.47. The maximum Gasteiger partial charge on any atom is 0.270 e. The molecule has 0 heterocycles. The van der Waals surface area contributed by atoms with Gasteiger partial charge in [0, 0.05) is 5.69 Å². The summed E-state index contributed by atoms with van der Waals surface area (Å²) in [5.41, 5.74) is -1.47. The topological polar surface area (TPSA) is 101 Å². The van der Waals surface area contributed by atoms with Gasteiger partial charge in [0.2, 0.25) is 10.0 Å². The Hall–Kier alpha value is -1.12. The maximum absolute atomic E-state index is 13.2. The van der Waals surface area contributed by atoms with E-state index in [0.29, 0.717) is 18.5 Å². The lowest BCUT2D eigenvalue weighted by Crippen LogP contribution is -2.61. The number of nitrogens with one attached hydrogen (secondary N) is 1. The lowest BCUT2D eigenvalue weighted by atomic mass is 9.55. The number of sulfonamides is 1. The number of hydrogen-bond donors (Lipinski definition) is 2. The van der Waals surface area contributed by atoms with Crippen molar-refractivity contribution in [2.75, 3.05) is 4.72 Å². The van der Waals surface area contributed by atoms with Crippen molar-refractivity contribution in [2.45, 2.75) is 77.7 Å². The van der Waals surface area contributed by atoms with Crippen LogP contribution in [0.2, 0.25) is 0 Å². The lowest BCUT2D eigenvalue weighted by Gasteiger charge is -2.56. The standard InChI is InChI=1S/C20H35NO5S2/c1-8-18(5,19(6,9-2)20(7,10-3)28(24,25)26)16(4)27(22,23)21-17-14-12-11-13-15-17/h11-16,21H,8-10H2,1-7H3,(H,24,25,26). The second-order valence-corrected chi connectivity index (χ2v) is 12.0. The van der Waals surface area contributed by atoms with E-state index in [9.17, 15) is 21.4 Å². The summed E-state index contributed by atoms with van der Waals surface area (Å²) in [4.78, 5) is 0. The van der Waals surface area contributed by atoms with Gasteiger partial charge < -0.3 is 0 Å². The number of rotatable bonds is 10. The zero-order chi connectivity index (χ0) is 22.0. The molecule has 0 saturated carbocycles. The number of hydrogen-bond acceptors (Lipinski definition) is 4. The van der Waals surface area contributed by atoms with E-state index in [1.165, 1.54) is 6.92 Å². The molecule has 0 aliphatic carbocycles. The monoisotopic (exact) mass is 433 g/mol. The molecule has 162 valence electrons. The highest BCUT2D eigenvalue weighted by Gasteiger charge is 2.62. The molecule has 6 nitrogen and oxygen atoms in total. The van der Waals surface area contributed by atoms with Gasteiger partial charge in [-0.3, -0.25) is 9.27 Å². The molecule has 28 heavy (non-hydrogen) atoms. The van der Waals surface area contributed by atoms with E-state index in [0.717, 1.165) is 0 Å². The van der Waals surface area contributed by atoms with Gasteiger partial charge in [-0.15, -0.1) is 0 Å². The fourth-order valence-corrected chi connectivity index (χ4v) is 7.53. The highest BCUT2D eigenvalue weighted by atomic mass is 32.2. The van der Waals surface area contributed by atoms with E-state index in [-0.39, 0.29) is 6.42 Å². The first-order valence-electron chi connectivity index (χ1n) is 9.70. The summed E-state index contributed by atoms with van der Waals surface area (Å²) in [6.45, 7) is 12.1. The van der Waals surface area contributed by atoms with Crippen molar-refractivity contribution in [1.82, 2.24) is 0 Å². The van der Waals surface area contributed by atoms with Gasteiger partial charge in [-0.05, 0) is 56.1 Å². The Morgan fingerprint density at radius 3 is 1.79 bits per heavy atom. The van der Waals surface area contributed by atoms with Crippen LogP contribution >= 0.6 is 0 Å². The summed E-state index contributed by atoms with van der Waals surface area (Å²) in [6, 6.07) is 8.61. The Morgan fingerprint density at radius 2 is 1.43 bits per heavy atom. The normalized spacial score (nSPS) is 20.4. The molecule has 0 fully saturated rings. The first-order chi connectivity index (χ1) is 12.7. The average Bonchev–Trinajstić information content (AvgIpc) is 2.64. The third-order valence-corrected chi connectivity index (χ3v) is 11.4. The smallest absolute Gasteiger partial charge is 0.270 e. The van der Waals surface area contributed by atoms with Crippen LogP contribution in [-0.4, -0.2) is 31.4 Å². The Bertz CT molecular complexity index is 869. The van der Waals surface area contributed by atoms with E-state index in [1.54, 1.807) is 51.1 Å². The number of anilines is 1. The van der Waals surface area contributed by atoms with E-state index in [1.807, 2.05) is 20.8 Å². The van der Waals surface area contributed by atoms with Crippen molar-refractivity contribution in [2.24, 2.45) is 10.8 Å². The SMILES string of the molecule is CCC(C)(C(C)S(=O)(=O)Nc1ccccc1)C(C)(CC)C(C)(CC)S(=O)(=O)O. The molecule has 0 amide bonds. The van der Waals surface area contributed by atoms with Crippen LogP contribution in [0.25, 0.3) is 0 Å². The quantitative estimate of drug-likeness (QED) is 0.521. The minimum atomic E-state index is -4.43. The molecule has 2 N–H and O–H groups in total. The molecule has 8 heteroatoms. The molecule has 1 aromatic rings. The van der Waals surface area contributed by atoms with E-state index >= 15 is 0 Å². The number of para-hydroxylation sites is 1. The molecule has 0 spiro atoms. The summed E-state index contributed by atoms with van der Waals surface area (Å²) in [5, 5.41) is -0.900. The molecule has 0 radical (unpaired) electrons. The van der Waals surface area contributed by atoms with Crippen LogP contribution in [0, 0.1) is 10.8 Å². The van der Waals surface area contributed by atoms with Crippen molar-refractivity contribution in [1.29, 1.82) is 0 Å². The molecule has 1 rings (SSSR count). The first-order valence-corrected chi connectivity index (χ1v) is 12.7. The van der Waals surface area contributed by atoms with Crippen molar-refractivity contribution in [3.8, 4) is 0 Å². The third-order valence-electron chi connectivity index (χ3n) is 7.51. The van der Waals surface area contributed by atoms with Crippen LogP contribution in [0.4, 0.5) is 5.69 Å². The van der Waals surface area contributed by atoms with Gasteiger partial charge >= 0.3 is 0 Å². The number of benzene rings is 1. The van der Waals surface area contributed by atoms with E-state index < -0.39 is 41.0 Å². The molecular formula is C20H35NO5S2. The van der Waals surface area contributed by atoms with Gasteiger partial charge in [-0.25, -0.2) is 8.42 Å². The minimum Gasteiger partial charge on any atom is -0.285 e. The Morgan fingerprint density at radius 1 is 0.929 bits per heavy atom. The van der Waals surface area contributed by atoms with Gasteiger partial charge in [-0.2, -0.15) is 8.42 Å². The zero-order valence-electron chi connectivity index (χ0n) is 18.0. The average molecular weight is 434 g/mol. The van der Waals surface area contributed by atoms with Gasteiger partial charge in [0.15, 0.2) is 0 Å². The maximum atomic E-state index is 13.2. The van der Waals surface area contributed by atoms with Crippen molar-refractivity contribution in [3.63, 3.8) is 0 Å². The van der Waals surface area contributed by atoms with Gasteiger partial charge in [0.1, 0.15) is 4.75 Å². The minimum absolute atomic E-state index is 0.171. The zero-order valence-corrected chi connectivity index (χ0v) is 19.6. The lowest BCUT2D eigenvalue weighted by molar-refractivity contribution is 0.0126. The van der Waals surface area contributed by atoms with Crippen LogP contribution in [0.3, 0.4) is 0 Å². The predicted molar refractivity (Wildman–Crippen MR) is 115 cm³/mol. The van der Waals surface area contributed by atoms with Gasteiger partial charge in [0.05, 0.1) is 5.25 Å². The summed E-state index contributed by atoms with van der Waals surface area (Å²) in [7, 11) is -8.25. The molecule has 0 aliphatic heterocycles. The van der Waals surface area contributed by atoms with Crippen LogP contribution in [0.5, 0.6) is 0 Å². The molecule has 0 aliphatic rings. The van der Waals surface area contributed by atoms with Crippen LogP contribution in [0.1, 0.15) is 67.7 Å². The fraction of sp³-hybridized carbons (Fsp3) is 0.700. The third kappa shape index (κ3) is 3.96. The first kappa shape index (κ1) is 24.9. The highest BCUT2D eigenvalue weighted by molar-refractivity contribution is 7.93. The van der Waals surface area contributed by atoms with E-state index in [4.69, 9.17) is 0 Å². The molecule has 4 atom stereocenters. The van der Waals surface area contributed by atoms with Crippen molar-refractivity contribution < 1.29 is 21.4 Å². The van der Waals surface area contributed by atoms with Crippen LogP contribution in [0.15, 0.2) is 30.3 Å². The highest BCUT2D eigenvalue weighted by Crippen LogP contribution is 2.58. The van der Waals surface area contributed by atoms with Crippen LogP contribution < -0.4 is 4.72 Å². The molecule has 0 aromatic heterocycles. The summed E-state index contributed by atoms with van der Waals surface area (Å²) in [5.74, 6) is 0. The summed E-state index contributed by atoms with van der Waals surface area (Å²) < 4.78 is 62.5. The molecule has 0 saturated heterocycles. The largest absolute Gasteiger partial charge is 0.285 e. The van der Waals surface area contributed by atoms with Gasteiger partial charge in [0.25, 0.3) is 10.1 Å². The molecule has 4 unspecified atom stereocenters. The van der Waals surface area contributed by atoms with Crippen LogP contribution in [-0.2, 0) is 20.1 Å². The molecular weight excluding hydrogens is 398 g/mol. The predicted octanol–water partition coefficient (Wildman–Crippen LogP) is 4.71. The Kier molecular flexibility index (Phi) is 7.40. The molecule has 1 aromatic carbocycles. The van der Waals surface area contributed by atoms with Crippen molar-refractivity contribution in [3.05, 3.63) is 30.3 Å². The summed E-state index contributed by atoms with van der Waals surface area (Å²) >= 11 is 0. The molecule has 0 bridgehead atoms. The second-order valence-electron chi connectivity index (χ2n) is 8.17. The second kappa shape index (κ2) is 8.32. The Balaban J connectivity index is 3.58. The van der Waals surface area contributed by atoms with E-state index in [2.05, 4.69) is 4.72 Å². The van der Waals surface area contributed by atoms with Crippen molar-refractivity contribution >= 4 is 25.8 Å². The Labute approximate surface area is 170 Å². The summed E-state index contributed by atoms with van der Waals surface area (Å²) in [6.07, 6.45) is 0.997.